The van der Waals surface area contributed by atoms with Crippen LogP contribution in [0.2, 0.25) is 5.02 Å². The van der Waals surface area contributed by atoms with Gasteiger partial charge in [0.2, 0.25) is 0 Å². The van der Waals surface area contributed by atoms with Gasteiger partial charge in [-0.05, 0) is 54.5 Å². The summed E-state index contributed by atoms with van der Waals surface area (Å²) in [6, 6.07) is 5.54. The van der Waals surface area contributed by atoms with Gasteiger partial charge in [0.05, 0.1) is 17.5 Å². The lowest BCUT2D eigenvalue weighted by Crippen LogP contribution is -2.17. The number of benzene rings is 1. The number of hydrogen-bond acceptors (Lipinski definition) is 2. The van der Waals surface area contributed by atoms with Crippen LogP contribution in [0, 0.1) is 11.8 Å². The first-order valence-corrected chi connectivity index (χ1v) is 9.40. The van der Waals surface area contributed by atoms with E-state index >= 15 is 0 Å². The summed E-state index contributed by atoms with van der Waals surface area (Å²) >= 11 is 6.04. The second kappa shape index (κ2) is 7.12. The number of carboxylic acid groups (broad SMARTS) is 1. The number of aromatic nitrogens is 2. The third-order valence-corrected chi connectivity index (χ3v) is 5.50. The minimum Gasteiger partial charge on any atom is -0.481 e. The van der Waals surface area contributed by atoms with E-state index in [0.717, 1.165) is 35.3 Å². The Morgan fingerprint density at radius 2 is 2.31 bits per heavy atom. The fourth-order valence-electron chi connectivity index (χ4n) is 3.94. The van der Waals surface area contributed by atoms with Crippen LogP contribution in [-0.2, 0) is 11.2 Å². The maximum absolute atomic E-state index is 11.4. The monoisotopic (exact) mass is 368 g/mol. The van der Waals surface area contributed by atoms with Crippen molar-refractivity contribution < 1.29 is 9.90 Å². The van der Waals surface area contributed by atoms with Crippen LogP contribution in [0.15, 0.2) is 53.6 Å². The Bertz CT molecular complexity index is 939. The highest BCUT2D eigenvalue weighted by Gasteiger charge is 2.24. The van der Waals surface area contributed by atoms with Gasteiger partial charge in [0, 0.05) is 17.4 Å². The van der Waals surface area contributed by atoms with Crippen molar-refractivity contribution in [2.24, 2.45) is 11.8 Å². The Balaban J connectivity index is 1.61. The molecular formula is C21H21ClN2O2. The van der Waals surface area contributed by atoms with Gasteiger partial charge in [0.15, 0.2) is 0 Å². The average molecular weight is 369 g/mol. The number of rotatable bonds is 5. The number of hydrogen-bond donors (Lipinski definition) is 2. The van der Waals surface area contributed by atoms with Crippen molar-refractivity contribution in [1.29, 1.82) is 0 Å². The van der Waals surface area contributed by atoms with Crippen LogP contribution in [0.5, 0.6) is 0 Å². The van der Waals surface area contributed by atoms with E-state index in [2.05, 4.69) is 34.3 Å². The molecule has 0 aliphatic heterocycles. The smallest absolute Gasteiger partial charge is 0.303 e. The molecule has 1 aromatic heterocycles. The predicted molar refractivity (Wildman–Crippen MR) is 103 cm³/mol. The number of carboxylic acids is 1. The van der Waals surface area contributed by atoms with Crippen molar-refractivity contribution >= 4 is 28.6 Å². The Kier molecular flexibility index (Phi) is 4.68. The van der Waals surface area contributed by atoms with Crippen molar-refractivity contribution in [3.8, 4) is 0 Å². The van der Waals surface area contributed by atoms with Gasteiger partial charge in [-0.15, -0.1) is 0 Å². The van der Waals surface area contributed by atoms with Crippen molar-refractivity contribution in [1.82, 2.24) is 9.97 Å². The van der Waals surface area contributed by atoms with Crippen LogP contribution < -0.4 is 0 Å². The zero-order valence-electron chi connectivity index (χ0n) is 14.4. The molecule has 4 nitrogen and oxygen atoms in total. The van der Waals surface area contributed by atoms with Gasteiger partial charge in [-0.25, -0.2) is 4.98 Å². The fraction of sp³-hybridized carbons (Fsp3) is 0.333. The number of nitrogens with zero attached hydrogens (tertiary/aromatic N) is 1. The number of carbonyl (C=O) groups is 1. The summed E-state index contributed by atoms with van der Waals surface area (Å²) in [5.74, 6) is 0.513. The quantitative estimate of drug-likeness (QED) is 0.774. The highest BCUT2D eigenvalue weighted by Crippen LogP contribution is 2.35. The molecule has 26 heavy (non-hydrogen) atoms. The number of aliphatic carboxylic acids is 1. The normalized spacial score (nSPS) is 20.4. The maximum atomic E-state index is 11.4. The number of fused-ring (bicyclic) bond motifs is 2. The van der Waals surface area contributed by atoms with E-state index in [4.69, 9.17) is 11.6 Å². The van der Waals surface area contributed by atoms with E-state index in [9.17, 15) is 9.90 Å². The lowest BCUT2D eigenvalue weighted by Gasteiger charge is -2.27. The first-order chi connectivity index (χ1) is 12.6. The molecule has 2 N–H and O–H groups in total. The van der Waals surface area contributed by atoms with Gasteiger partial charge in [0.1, 0.15) is 5.82 Å². The minimum atomic E-state index is -0.783. The third kappa shape index (κ3) is 3.61. The fourth-order valence-corrected chi connectivity index (χ4v) is 4.11. The Morgan fingerprint density at radius 1 is 1.42 bits per heavy atom. The zero-order chi connectivity index (χ0) is 18.1. The summed E-state index contributed by atoms with van der Waals surface area (Å²) in [7, 11) is 0. The average Bonchev–Trinajstić information content (AvgIpc) is 3.01. The lowest BCUT2D eigenvalue weighted by atomic mass is 9.78. The second-order valence-corrected chi connectivity index (χ2v) is 7.54. The van der Waals surface area contributed by atoms with Gasteiger partial charge >= 0.3 is 5.97 Å². The number of imidazole rings is 1. The topological polar surface area (TPSA) is 66.0 Å². The molecule has 1 aromatic carbocycles. The predicted octanol–water partition coefficient (Wildman–Crippen LogP) is 5.07. The van der Waals surface area contributed by atoms with Crippen LogP contribution in [0.25, 0.3) is 11.0 Å². The number of halogens is 1. The van der Waals surface area contributed by atoms with Crippen molar-refractivity contribution in [2.75, 3.05) is 0 Å². The van der Waals surface area contributed by atoms with E-state index in [-0.39, 0.29) is 12.3 Å². The van der Waals surface area contributed by atoms with Crippen LogP contribution in [0.3, 0.4) is 0 Å². The first kappa shape index (κ1) is 17.1. The standard InChI is InChI=1S/C21H21ClN2O2/c22-17-7-8-18-19(12-17)24-20(23-18)10-16(11-21(25)26)15-6-5-13-3-1-2-4-14(13)9-15/h2,4,6-9,12-13,16H,1,3,5,10-11H2,(H,23,24)(H,25,26). The van der Waals surface area contributed by atoms with Crippen molar-refractivity contribution in [3.05, 3.63) is 64.5 Å². The van der Waals surface area contributed by atoms with E-state index in [1.54, 1.807) is 0 Å². The molecule has 2 aliphatic carbocycles. The molecule has 2 unspecified atom stereocenters. The zero-order valence-corrected chi connectivity index (χ0v) is 15.2. The summed E-state index contributed by atoms with van der Waals surface area (Å²) in [6.07, 6.45) is 12.8. The summed E-state index contributed by atoms with van der Waals surface area (Å²) in [6.45, 7) is 0. The highest BCUT2D eigenvalue weighted by molar-refractivity contribution is 6.31. The van der Waals surface area contributed by atoms with E-state index in [1.807, 2.05) is 18.2 Å². The summed E-state index contributed by atoms with van der Waals surface area (Å²) in [4.78, 5) is 19.3. The summed E-state index contributed by atoms with van der Waals surface area (Å²) in [5.41, 5.74) is 4.18. The van der Waals surface area contributed by atoms with Crippen LogP contribution >= 0.6 is 11.6 Å². The van der Waals surface area contributed by atoms with Crippen molar-refractivity contribution in [3.63, 3.8) is 0 Å². The highest BCUT2D eigenvalue weighted by atomic mass is 35.5. The molecule has 5 heteroatoms. The van der Waals surface area contributed by atoms with Crippen LogP contribution in [0.1, 0.15) is 31.5 Å². The number of nitrogens with one attached hydrogen (secondary N) is 1. The van der Waals surface area contributed by atoms with Gasteiger partial charge in [-0.1, -0.05) is 35.9 Å². The van der Waals surface area contributed by atoms with E-state index in [0.29, 0.717) is 17.4 Å². The molecule has 2 atom stereocenters. The molecule has 0 bridgehead atoms. The first-order valence-electron chi connectivity index (χ1n) is 9.02. The molecule has 0 fully saturated rings. The summed E-state index contributed by atoms with van der Waals surface area (Å²) < 4.78 is 0. The number of H-pyrrole nitrogens is 1. The SMILES string of the molecule is O=C(O)CC(Cc1nc2ccc(Cl)cc2[nH]1)C1=CCC2CCC=CC2=C1. The molecule has 0 saturated carbocycles. The van der Waals surface area contributed by atoms with E-state index < -0.39 is 5.97 Å². The minimum absolute atomic E-state index is 0.0905. The van der Waals surface area contributed by atoms with Gasteiger partial charge in [-0.2, -0.15) is 0 Å². The number of allylic oxidation sites excluding steroid dienone is 6. The molecule has 0 saturated heterocycles. The molecule has 4 rings (SSSR count). The third-order valence-electron chi connectivity index (χ3n) is 5.26. The second-order valence-electron chi connectivity index (χ2n) is 7.10. The number of aromatic amines is 1. The lowest BCUT2D eigenvalue weighted by molar-refractivity contribution is -0.137. The van der Waals surface area contributed by atoms with Crippen molar-refractivity contribution in [2.45, 2.75) is 32.1 Å². The molecular weight excluding hydrogens is 348 g/mol. The van der Waals surface area contributed by atoms with Crippen LogP contribution in [0.4, 0.5) is 0 Å². The molecule has 2 aliphatic rings. The van der Waals surface area contributed by atoms with Gasteiger partial charge in [0.25, 0.3) is 0 Å². The molecule has 2 aromatic rings. The van der Waals surface area contributed by atoms with Gasteiger partial charge < -0.3 is 10.1 Å². The molecule has 1 heterocycles. The Morgan fingerprint density at radius 3 is 3.15 bits per heavy atom. The molecule has 0 radical (unpaired) electrons. The largest absolute Gasteiger partial charge is 0.481 e. The molecule has 0 amide bonds. The maximum Gasteiger partial charge on any atom is 0.303 e. The Labute approximate surface area is 157 Å². The van der Waals surface area contributed by atoms with Crippen LogP contribution in [-0.4, -0.2) is 21.0 Å². The molecule has 0 spiro atoms. The Hall–Kier alpha value is -2.33. The summed E-state index contributed by atoms with van der Waals surface area (Å²) in [5, 5.41) is 10.0. The van der Waals surface area contributed by atoms with Gasteiger partial charge in [-0.3, -0.25) is 4.79 Å². The van der Waals surface area contributed by atoms with E-state index in [1.165, 1.54) is 12.0 Å². The molecule has 134 valence electrons.